The number of carbonyl (C=O) groups is 1. The number of furan rings is 1. The largest absolute Gasteiger partial charge is 0.455 e. The third-order valence-electron chi connectivity index (χ3n) is 3.60. The van der Waals surface area contributed by atoms with E-state index in [4.69, 9.17) is 27.6 Å². The Bertz CT molecular complexity index is 1020. The molecule has 0 saturated carbocycles. The van der Waals surface area contributed by atoms with Crippen LogP contribution in [0, 0.1) is 6.92 Å². The van der Waals surface area contributed by atoms with Gasteiger partial charge in [0.25, 0.3) is 0 Å². The van der Waals surface area contributed by atoms with Crippen LogP contribution in [0.25, 0.3) is 11.3 Å². The molecule has 5 nitrogen and oxygen atoms in total. The minimum Gasteiger partial charge on any atom is -0.455 e. The number of rotatable bonds is 4. The molecule has 138 valence electrons. The Hall–Kier alpha value is -2.28. The smallest absolute Gasteiger partial charge is 0.339 e. The first-order valence-corrected chi connectivity index (χ1v) is 9.39. The number of hydrogen-bond acceptors (Lipinski definition) is 3. The van der Waals surface area contributed by atoms with Crippen LogP contribution in [0.5, 0.6) is 0 Å². The van der Waals surface area contributed by atoms with E-state index in [1.54, 1.807) is 36.4 Å². The maximum absolute atomic E-state index is 11.9. The highest BCUT2D eigenvalue weighted by molar-refractivity contribution is 9.10. The maximum Gasteiger partial charge on any atom is 0.339 e. The molecule has 0 bridgehead atoms. The monoisotopic (exact) mass is 465 g/mol. The third kappa shape index (κ3) is 5.13. The topological polar surface area (TPSA) is 66.6 Å². The third-order valence-corrected chi connectivity index (χ3v) is 5.03. The number of hydrogen-bond donors (Lipinski definition) is 2. The molecular formula is C19H14BrCl2N3O2. The zero-order valence-corrected chi connectivity index (χ0v) is 17.2. The summed E-state index contributed by atoms with van der Waals surface area (Å²) >= 11 is 15.5. The van der Waals surface area contributed by atoms with Gasteiger partial charge in [0.2, 0.25) is 0 Å². The molecule has 0 saturated heterocycles. The zero-order chi connectivity index (χ0) is 19.4. The summed E-state index contributed by atoms with van der Waals surface area (Å²) in [5, 5.41) is 7.61. The second-order valence-corrected chi connectivity index (χ2v) is 7.31. The van der Waals surface area contributed by atoms with Crippen LogP contribution in [-0.4, -0.2) is 12.2 Å². The zero-order valence-electron chi connectivity index (χ0n) is 14.1. The van der Waals surface area contributed by atoms with Crippen LogP contribution in [0.1, 0.15) is 11.3 Å². The van der Waals surface area contributed by atoms with Crippen LogP contribution in [0.4, 0.5) is 10.5 Å². The van der Waals surface area contributed by atoms with Gasteiger partial charge in [-0.25, -0.2) is 10.2 Å². The highest BCUT2D eigenvalue weighted by Crippen LogP contribution is 2.31. The summed E-state index contributed by atoms with van der Waals surface area (Å²) in [6.45, 7) is 1.94. The average Bonchev–Trinajstić information content (AvgIpc) is 3.07. The molecule has 0 unspecified atom stereocenters. The Morgan fingerprint density at radius 2 is 1.96 bits per heavy atom. The average molecular weight is 467 g/mol. The van der Waals surface area contributed by atoms with Crippen molar-refractivity contribution in [2.24, 2.45) is 5.10 Å². The van der Waals surface area contributed by atoms with Gasteiger partial charge in [0.15, 0.2) is 0 Å². The minimum atomic E-state index is -0.458. The summed E-state index contributed by atoms with van der Waals surface area (Å²) in [5.74, 6) is 1.05. The number of urea groups is 1. The fourth-order valence-electron chi connectivity index (χ4n) is 2.29. The van der Waals surface area contributed by atoms with E-state index >= 15 is 0 Å². The van der Waals surface area contributed by atoms with Crippen molar-refractivity contribution in [1.29, 1.82) is 0 Å². The predicted octanol–water partition coefficient (Wildman–Crippen LogP) is 6.48. The lowest BCUT2D eigenvalue weighted by Crippen LogP contribution is -2.24. The Kier molecular flexibility index (Phi) is 6.21. The van der Waals surface area contributed by atoms with Gasteiger partial charge in [-0.3, -0.25) is 0 Å². The van der Waals surface area contributed by atoms with E-state index in [0.29, 0.717) is 27.3 Å². The molecule has 2 amide bonds. The maximum atomic E-state index is 11.9. The summed E-state index contributed by atoms with van der Waals surface area (Å²) in [6, 6.07) is 13.7. The minimum absolute atomic E-state index is 0.458. The molecule has 3 rings (SSSR count). The molecule has 0 atom stereocenters. The molecule has 0 spiro atoms. The summed E-state index contributed by atoms with van der Waals surface area (Å²) in [4.78, 5) is 11.9. The van der Waals surface area contributed by atoms with Gasteiger partial charge in [-0.15, -0.1) is 0 Å². The van der Waals surface area contributed by atoms with Crippen molar-refractivity contribution in [2.45, 2.75) is 6.92 Å². The van der Waals surface area contributed by atoms with E-state index in [1.165, 1.54) is 6.21 Å². The fourth-order valence-corrected chi connectivity index (χ4v) is 3.04. The first-order valence-electron chi connectivity index (χ1n) is 7.84. The summed E-state index contributed by atoms with van der Waals surface area (Å²) in [7, 11) is 0. The number of benzene rings is 2. The van der Waals surface area contributed by atoms with Crippen molar-refractivity contribution in [3.8, 4) is 11.3 Å². The van der Waals surface area contributed by atoms with Crippen LogP contribution in [-0.2, 0) is 0 Å². The SMILES string of the molecule is Cc1cc(NC(=O)N/N=C\c2ccc(-c3ccc(Cl)cc3Cl)o2)ccc1Br. The first kappa shape index (κ1) is 19.5. The van der Waals surface area contributed by atoms with E-state index in [-0.39, 0.29) is 0 Å². The second-order valence-electron chi connectivity index (χ2n) is 5.61. The van der Waals surface area contributed by atoms with Crippen molar-refractivity contribution in [3.63, 3.8) is 0 Å². The molecule has 0 radical (unpaired) electrons. The van der Waals surface area contributed by atoms with Gasteiger partial charge in [-0.05, 0) is 61.0 Å². The van der Waals surface area contributed by atoms with Crippen LogP contribution in [0.3, 0.4) is 0 Å². The van der Waals surface area contributed by atoms with Crippen molar-refractivity contribution < 1.29 is 9.21 Å². The van der Waals surface area contributed by atoms with Gasteiger partial charge < -0.3 is 9.73 Å². The van der Waals surface area contributed by atoms with Crippen LogP contribution in [0.2, 0.25) is 10.0 Å². The Morgan fingerprint density at radius 1 is 1.15 bits per heavy atom. The van der Waals surface area contributed by atoms with Crippen molar-refractivity contribution in [1.82, 2.24) is 5.43 Å². The van der Waals surface area contributed by atoms with Gasteiger partial charge >= 0.3 is 6.03 Å². The molecule has 2 aromatic carbocycles. The molecule has 27 heavy (non-hydrogen) atoms. The molecule has 2 N–H and O–H groups in total. The Labute approximate surface area is 174 Å². The van der Waals surface area contributed by atoms with Crippen LogP contribution >= 0.6 is 39.1 Å². The van der Waals surface area contributed by atoms with Gasteiger partial charge in [0.05, 0.1) is 11.2 Å². The lowest BCUT2D eigenvalue weighted by atomic mass is 10.2. The molecule has 1 aromatic heterocycles. The number of halogens is 3. The summed E-state index contributed by atoms with van der Waals surface area (Å²) in [5.41, 5.74) is 4.79. The molecule has 0 aliphatic heterocycles. The Morgan fingerprint density at radius 3 is 2.70 bits per heavy atom. The quantitative estimate of drug-likeness (QED) is 0.341. The van der Waals surface area contributed by atoms with Crippen LogP contribution in [0.15, 0.2) is 62.5 Å². The van der Waals surface area contributed by atoms with Gasteiger partial charge in [-0.1, -0.05) is 39.1 Å². The van der Waals surface area contributed by atoms with Gasteiger partial charge in [0, 0.05) is 20.7 Å². The van der Waals surface area contributed by atoms with E-state index in [0.717, 1.165) is 15.6 Å². The number of anilines is 1. The predicted molar refractivity (Wildman–Crippen MR) is 113 cm³/mol. The normalized spacial score (nSPS) is 11.0. The molecule has 0 aliphatic rings. The molecular weight excluding hydrogens is 453 g/mol. The molecule has 8 heteroatoms. The highest BCUT2D eigenvalue weighted by atomic mass is 79.9. The van der Waals surface area contributed by atoms with Crippen molar-refractivity contribution in [3.05, 3.63) is 74.4 Å². The van der Waals surface area contributed by atoms with E-state index in [9.17, 15) is 4.79 Å². The number of nitrogens with one attached hydrogen (secondary N) is 2. The van der Waals surface area contributed by atoms with E-state index in [1.807, 2.05) is 19.1 Å². The van der Waals surface area contributed by atoms with Crippen LogP contribution < -0.4 is 10.7 Å². The molecule has 3 aromatic rings. The van der Waals surface area contributed by atoms with E-state index < -0.39 is 6.03 Å². The number of amides is 2. The van der Waals surface area contributed by atoms with Crippen molar-refractivity contribution in [2.75, 3.05) is 5.32 Å². The lowest BCUT2D eigenvalue weighted by Gasteiger charge is -2.06. The van der Waals surface area contributed by atoms with Crippen molar-refractivity contribution >= 4 is 57.1 Å². The fraction of sp³-hybridized carbons (Fsp3) is 0.0526. The molecule has 0 aliphatic carbocycles. The molecule has 0 fully saturated rings. The lowest BCUT2D eigenvalue weighted by molar-refractivity contribution is 0.252. The summed E-state index contributed by atoms with van der Waals surface area (Å²) in [6.07, 6.45) is 1.40. The highest BCUT2D eigenvalue weighted by Gasteiger charge is 2.08. The number of hydrazone groups is 1. The number of aryl methyl sites for hydroxylation is 1. The van der Waals surface area contributed by atoms with Gasteiger partial charge in [0.1, 0.15) is 11.5 Å². The summed E-state index contributed by atoms with van der Waals surface area (Å²) < 4.78 is 6.64. The first-order chi connectivity index (χ1) is 12.9. The number of nitrogens with zero attached hydrogens (tertiary/aromatic N) is 1. The standard InChI is InChI=1S/C19H14BrCl2N3O2/c1-11-8-13(3-6-16(11)20)24-19(26)25-23-10-14-4-7-18(27-14)15-5-2-12(21)9-17(15)22/h2-10H,1H3,(H2,24,25,26)/b23-10-. The second kappa shape index (κ2) is 8.61. The number of carbonyl (C=O) groups excluding carboxylic acids is 1. The van der Waals surface area contributed by atoms with E-state index in [2.05, 4.69) is 31.8 Å². The molecule has 1 heterocycles. The van der Waals surface area contributed by atoms with Gasteiger partial charge in [-0.2, -0.15) is 5.10 Å². The Balaban J connectivity index is 1.60.